The maximum atomic E-state index is 12.8. The van der Waals surface area contributed by atoms with Gasteiger partial charge in [-0.2, -0.15) is 10.5 Å². The van der Waals surface area contributed by atoms with Crippen molar-refractivity contribution in [3.05, 3.63) is 55.6 Å². The van der Waals surface area contributed by atoms with E-state index in [9.17, 15) is 19.6 Å². The molecule has 1 fully saturated rings. The first-order valence-corrected chi connectivity index (χ1v) is 13.1. The van der Waals surface area contributed by atoms with Gasteiger partial charge in [-0.05, 0) is 57.0 Å². The van der Waals surface area contributed by atoms with Gasteiger partial charge in [0.1, 0.15) is 21.8 Å². The number of hydrogen-bond donors (Lipinski definition) is 3. The fourth-order valence-corrected chi connectivity index (χ4v) is 4.81. The van der Waals surface area contributed by atoms with Crippen LogP contribution < -0.4 is 30.7 Å². The molecule has 2 heterocycles. The van der Waals surface area contributed by atoms with Crippen LogP contribution in [0.1, 0.15) is 26.7 Å². The number of carbonyl (C=O) groups excluding carboxylic acids is 2. The van der Waals surface area contributed by atoms with Crippen LogP contribution in [0.3, 0.4) is 0 Å². The number of piperidine rings is 1. The van der Waals surface area contributed by atoms with Crippen molar-refractivity contribution in [1.82, 2.24) is 14.8 Å². The summed E-state index contributed by atoms with van der Waals surface area (Å²) < 4.78 is 1.94. The molecule has 2 amide bonds. The zero-order valence-electron chi connectivity index (χ0n) is 21.3. The highest BCUT2D eigenvalue weighted by atomic mass is 32.1. The van der Waals surface area contributed by atoms with Crippen molar-refractivity contribution in [3.8, 4) is 12.1 Å². The number of nitrogens with one attached hydrogen (secondary N) is 3. The summed E-state index contributed by atoms with van der Waals surface area (Å²) in [7, 11) is 0. The topological polar surface area (TPSA) is 143 Å². The van der Waals surface area contributed by atoms with Gasteiger partial charge in [0.15, 0.2) is 5.57 Å². The molecule has 1 aromatic carbocycles. The number of anilines is 2. The van der Waals surface area contributed by atoms with Crippen molar-refractivity contribution in [3.63, 3.8) is 0 Å². The molecule has 196 valence electrons. The second-order valence-electron chi connectivity index (χ2n) is 8.76. The Morgan fingerprint density at radius 1 is 1.21 bits per heavy atom. The lowest BCUT2D eigenvalue weighted by atomic mass is 9.99. The molecule has 1 aromatic heterocycles. The molecular weight excluding hydrogens is 502 g/mol. The van der Waals surface area contributed by atoms with Crippen LogP contribution in [0.25, 0.3) is 11.5 Å². The highest BCUT2D eigenvalue weighted by molar-refractivity contribution is 7.07. The minimum atomic E-state index is -0.738. The molecule has 3 rings (SSSR count). The highest BCUT2D eigenvalue weighted by Gasteiger charge is 2.18. The molecule has 2 aromatic rings. The van der Waals surface area contributed by atoms with Gasteiger partial charge in [0.25, 0.3) is 11.5 Å². The van der Waals surface area contributed by atoms with Crippen molar-refractivity contribution in [2.24, 2.45) is 5.92 Å². The first-order valence-electron chi connectivity index (χ1n) is 12.2. The number of likely N-dealkylation sites (tertiary alicyclic amines) is 1. The predicted molar refractivity (Wildman–Crippen MR) is 146 cm³/mol. The smallest absolute Gasteiger partial charge is 0.277 e. The third-order valence-corrected chi connectivity index (χ3v) is 6.94. The summed E-state index contributed by atoms with van der Waals surface area (Å²) in [5.41, 5.74) is 6.28. The van der Waals surface area contributed by atoms with Gasteiger partial charge in [-0.1, -0.05) is 35.8 Å². The summed E-state index contributed by atoms with van der Waals surface area (Å²) in [5, 5.41) is 26.2. The van der Waals surface area contributed by atoms with Gasteiger partial charge in [0.05, 0.1) is 12.6 Å². The average molecular weight is 532 g/mol. The van der Waals surface area contributed by atoms with Crippen LogP contribution in [-0.2, 0) is 16.1 Å². The number of benzene rings is 1. The molecule has 10 nitrogen and oxygen atoms in total. The zero-order valence-corrected chi connectivity index (χ0v) is 22.2. The van der Waals surface area contributed by atoms with E-state index in [-0.39, 0.29) is 28.1 Å². The van der Waals surface area contributed by atoms with Crippen molar-refractivity contribution in [1.29, 1.82) is 10.5 Å². The maximum absolute atomic E-state index is 12.8. The van der Waals surface area contributed by atoms with Crippen LogP contribution in [-0.4, -0.2) is 47.5 Å². The molecule has 0 saturated carbocycles. The first-order chi connectivity index (χ1) is 18.3. The largest absolute Gasteiger partial charge is 0.355 e. The molecule has 0 bridgehead atoms. The normalized spacial score (nSPS) is 13.3. The lowest BCUT2D eigenvalue weighted by Crippen LogP contribution is -2.38. The van der Waals surface area contributed by atoms with E-state index >= 15 is 0 Å². The van der Waals surface area contributed by atoms with E-state index in [4.69, 9.17) is 5.26 Å². The van der Waals surface area contributed by atoms with E-state index in [1.165, 1.54) is 10.8 Å². The molecule has 0 unspecified atom stereocenters. The van der Waals surface area contributed by atoms with Crippen LogP contribution in [0.15, 0.2) is 40.8 Å². The van der Waals surface area contributed by atoms with Crippen molar-refractivity contribution >= 4 is 46.0 Å². The zero-order chi connectivity index (χ0) is 27.5. The Balaban J connectivity index is 1.78. The Morgan fingerprint density at radius 2 is 1.95 bits per heavy atom. The summed E-state index contributed by atoms with van der Waals surface area (Å²) in [5.74, 6) is -0.0935. The SMILES string of the molecule is CCn1c(=C=C(C#N)C(=O)NCC#N)sc(=C=CNc2cccc(NC(=O)CN3CCC(C)CC3)c2)c1=O. The van der Waals surface area contributed by atoms with Crippen LogP contribution in [0.5, 0.6) is 0 Å². The van der Waals surface area contributed by atoms with E-state index < -0.39 is 5.91 Å². The number of thiazole rings is 1. The third kappa shape index (κ3) is 7.81. The Morgan fingerprint density at radius 3 is 2.63 bits per heavy atom. The van der Waals surface area contributed by atoms with Gasteiger partial charge >= 0.3 is 0 Å². The van der Waals surface area contributed by atoms with Crippen LogP contribution in [0, 0.1) is 28.6 Å². The summed E-state index contributed by atoms with van der Waals surface area (Å²) in [6.45, 7) is 6.29. The van der Waals surface area contributed by atoms with Gasteiger partial charge in [-0.3, -0.25) is 23.9 Å². The minimum absolute atomic E-state index is 0.0626. The molecule has 0 radical (unpaired) electrons. The lowest BCUT2D eigenvalue weighted by Gasteiger charge is -2.29. The monoisotopic (exact) mass is 531 g/mol. The molecule has 11 heteroatoms. The number of aromatic nitrogens is 1. The van der Waals surface area contributed by atoms with Crippen molar-refractivity contribution in [2.45, 2.75) is 33.2 Å². The van der Waals surface area contributed by atoms with Crippen molar-refractivity contribution < 1.29 is 9.59 Å². The lowest BCUT2D eigenvalue weighted by molar-refractivity contribution is -0.118. The quantitative estimate of drug-likeness (QED) is 0.263. The summed E-state index contributed by atoms with van der Waals surface area (Å²) in [4.78, 5) is 39.4. The molecule has 38 heavy (non-hydrogen) atoms. The molecular formula is C27H29N7O3S. The molecule has 3 N–H and O–H groups in total. The Labute approximate surface area is 224 Å². The maximum Gasteiger partial charge on any atom is 0.277 e. The molecule has 1 saturated heterocycles. The number of nitrogens with zero attached hydrogens (tertiary/aromatic N) is 4. The molecule has 1 aliphatic rings. The van der Waals surface area contributed by atoms with Gasteiger partial charge in [-0.25, -0.2) is 0 Å². The van der Waals surface area contributed by atoms with Crippen LogP contribution in [0.2, 0.25) is 0 Å². The van der Waals surface area contributed by atoms with Gasteiger partial charge in [0.2, 0.25) is 5.91 Å². The predicted octanol–water partition coefficient (Wildman–Crippen LogP) is 1.07. The number of carbonyl (C=O) groups is 2. The molecule has 0 spiro atoms. The third-order valence-electron chi connectivity index (χ3n) is 5.93. The fraction of sp³-hybridized carbons (Fsp3) is 0.370. The number of hydrogen-bond acceptors (Lipinski definition) is 8. The van der Waals surface area contributed by atoms with Gasteiger partial charge < -0.3 is 16.0 Å². The highest BCUT2D eigenvalue weighted by Crippen LogP contribution is 2.17. The first kappa shape index (κ1) is 28.2. The number of rotatable bonds is 8. The van der Waals surface area contributed by atoms with E-state index in [2.05, 4.69) is 39.2 Å². The van der Waals surface area contributed by atoms with Gasteiger partial charge in [-0.15, -0.1) is 0 Å². The summed E-state index contributed by atoms with van der Waals surface area (Å²) >= 11 is 1.04. The average Bonchev–Trinajstić information content (AvgIpc) is 3.21. The van der Waals surface area contributed by atoms with Crippen molar-refractivity contribution in [2.75, 3.05) is 36.8 Å². The van der Waals surface area contributed by atoms with E-state index in [1.807, 2.05) is 18.2 Å². The number of amides is 2. The van der Waals surface area contributed by atoms with E-state index in [1.54, 1.807) is 25.1 Å². The number of nitriles is 2. The molecule has 0 atom stereocenters. The molecule has 1 aliphatic heterocycles. The van der Waals surface area contributed by atoms with Crippen LogP contribution in [0.4, 0.5) is 11.4 Å². The Hall–Kier alpha value is -4.37. The summed E-state index contributed by atoms with van der Waals surface area (Å²) in [6, 6.07) is 10.7. The van der Waals surface area contributed by atoms with E-state index in [0.717, 1.165) is 37.3 Å². The van der Waals surface area contributed by atoms with Gasteiger partial charge in [0, 0.05) is 24.1 Å². The second kappa shape index (κ2) is 13.8. The standard InChI is InChI=1S/C27H29N7O3S/c1-3-34-25(15-20(17-29)26(36)31-12-10-28)38-23(27(34)37)7-11-30-21-5-4-6-22(16-21)32-24(35)18-33-13-8-19(2)9-14-33/h4-6,11,16,19,30H,3,8-9,12-14,18H2,1-2H3,(H,31,36)(H,32,35). The summed E-state index contributed by atoms with van der Waals surface area (Å²) in [6.07, 6.45) is 3.70. The fourth-order valence-electron chi connectivity index (χ4n) is 3.83. The second-order valence-corrected chi connectivity index (χ2v) is 9.76. The van der Waals surface area contributed by atoms with E-state index in [0.29, 0.717) is 35.0 Å². The van der Waals surface area contributed by atoms with Crippen LogP contribution >= 0.6 is 11.3 Å². The Kier molecular flexibility index (Phi) is 10.2. The minimum Gasteiger partial charge on any atom is -0.355 e. The molecule has 0 aliphatic carbocycles. The Bertz CT molecular complexity index is 1520.